The summed E-state index contributed by atoms with van der Waals surface area (Å²) in [5.41, 5.74) is 5.61. The van der Waals surface area contributed by atoms with Gasteiger partial charge in [-0.25, -0.2) is 0 Å². The second-order valence-electron chi connectivity index (χ2n) is 5.23. The lowest BCUT2D eigenvalue weighted by molar-refractivity contribution is -0.129. The van der Waals surface area contributed by atoms with Gasteiger partial charge in [0.1, 0.15) is 0 Å². The SMILES string of the molecule is CC(C)Oc1nc(N)nc(NCCC(=O)N2CCCC2)n1. The number of hydrogen-bond acceptors (Lipinski definition) is 7. The summed E-state index contributed by atoms with van der Waals surface area (Å²) in [6.45, 7) is 5.94. The van der Waals surface area contributed by atoms with Crippen molar-refractivity contribution in [1.82, 2.24) is 19.9 Å². The summed E-state index contributed by atoms with van der Waals surface area (Å²) < 4.78 is 5.39. The van der Waals surface area contributed by atoms with Crippen LogP contribution in [0.5, 0.6) is 6.01 Å². The molecule has 21 heavy (non-hydrogen) atoms. The minimum absolute atomic E-state index is 0.0450. The van der Waals surface area contributed by atoms with E-state index in [0.717, 1.165) is 25.9 Å². The average molecular weight is 294 g/mol. The molecule has 0 aliphatic carbocycles. The first-order valence-corrected chi connectivity index (χ1v) is 7.24. The average Bonchev–Trinajstić information content (AvgIpc) is 2.90. The quantitative estimate of drug-likeness (QED) is 0.794. The second kappa shape index (κ2) is 7.05. The molecule has 0 bridgehead atoms. The molecule has 0 spiro atoms. The highest BCUT2D eigenvalue weighted by molar-refractivity contribution is 5.76. The highest BCUT2D eigenvalue weighted by atomic mass is 16.5. The molecule has 0 aromatic carbocycles. The summed E-state index contributed by atoms with van der Waals surface area (Å²) in [5.74, 6) is 0.571. The number of aromatic nitrogens is 3. The number of carbonyl (C=O) groups is 1. The summed E-state index contributed by atoms with van der Waals surface area (Å²) >= 11 is 0. The van der Waals surface area contributed by atoms with Gasteiger partial charge in [0, 0.05) is 26.1 Å². The van der Waals surface area contributed by atoms with E-state index in [1.165, 1.54) is 0 Å². The lowest BCUT2D eigenvalue weighted by atomic mass is 10.3. The first-order valence-electron chi connectivity index (χ1n) is 7.24. The highest BCUT2D eigenvalue weighted by Crippen LogP contribution is 2.11. The number of hydrogen-bond donors (Lipinski definition) is 2. The molecule has 1 aliphatic rings. The van der Waals surface area contributed by atoms with Gasteiger partial charge in [0.15, 0.2) is 0 Å². The number of nitrogen functional groups attached to an aromatic ring is 1. The van der Waals surface area contributed by atoms with Crippen molar-refractivity contribution in [2.24, 2.45) is 0 Å². The topological polar surface area (TPSA) is 106 Å². The number of nitrogens with two attached hydrogens (primary N) is 1. The zero-order valence-electron chi connectivity index (χ0n) is 12.5. The van der Waals surface area contributed by atoms with E-state index in [2.05, 4.69) is 20.3 Å². The Morgan fingerprint density at radius 2 is 2.05 bits per heavy atom. The molecule has 116 valence electrons. The lowest BCUT2D eigenvalue weighted by Crippen LogP contribution is -2.29. The van der Waals surface area contributed by atoms with Crippen molar-refractivity contribution in [3.8, 4) is 6.01 Å². The Morgan fingerprint density at radius 1 is 1.33 bits per heavy atom. The van der Waals surface area contributed by atoms with Crippen molar-refractivity contribution in [2.45, 2.75) is 39.2 Å². The van der Waals surface area contributed by atoms with Crippen LogP contribution in [0, 0.1) is 0 Å². The minimum Gasteiger partial charge on any atom is -0.461 e. The summed E-state index contributed by atoms with van der Waals surface area (Å²) in [5, 5.41) is 2.98. The standard InChI is InChI=1S/C13H22N6O2/c1-9(2)21-13-17-11(14)16-12(18-13)15-6-5-10(20)19-7-3-4-8-19/h9H,3-8H2,1-2H3,(H3,14,15,16,17,18). The zero-order valence-corrected chi connectivity index (χ0v) is 12.5. The molecule has 1 fully saturated rings. The van der Waals surface area contributed by atoms with Crippen molar-refractivity contribution in [3.63, 3.8) is 0 Å². The van der Waals surface area contributed by atoms with Crippen molar-refractivity contribution in [3.05, 3.63) is 0 Å². The van der Waals surface area contributed by atoms with Crippen LogP contribution in [0.3, 0.4) is 0 Å². The number of amides is 1. The molecule has 1 aromatic rings. The van der Waals surface area contributed by atoms with Gasteiger partial charge in [-0.3, -0.25) is 4.79 Å². The smallest absolute Gasteiger partial charge is 0.323 e. The van der Waals surface area contributed by atoms with Crippen LogP contribution < -0.4 is 15.8 Å². The van der Waals surface area contributed by atoms with E-state index in [1.54, 1.807) is 0 Å². The first-order chi connectivity index (χ1) is 10.0. The van der Waals surface area contributed by atoms with Crippen molar-refractivity contribution >= 4 is 17.8 Å². The maximum Gasteiger partial charge on any atom is 0.323 e. The van der Waals surface area contributed by atoms with Gasteiger partial charge < -0.3 is 20.7 Å². The molecule has 0 radical (unpaired) electrons. The Kier molecular flexibility index (Phi) is 5.13. The number of carbonyl (C=O) groups excluding carboxylic acids is 1. The zero-order chi connectivity index (χ0) is 15.2. The molecule has 2 heterocycles. The van der Waals surface area contributed by atoms with E-state index in [1.807, 2.05) is 18.7 Å². The van der Waals surface area contributed by atoms with Crippen molar-refractivity contribution < 1.29 is 9.53 Å². The lowest BCUT2D eigenvalue weighted by Gasteiger charge is -2.15. The third-order valence-corrected chi connectivity index (χ3v) is 3.05. The van der Waals surface area contributed by atoms with E-state index < -0.39 is 0 Å². The van der Waals surface area contributed by atoms with Crippen LogP contribution in [0.15, 0.2) is 0 Å². The number of anilines is 2. The normalized spacial score (nSPS) is 14.5. The Bertz CT molecular complexity index is 488. The van der Waals surface area contributed by atoms with E-state index in [-0.39, 0.29) is 24.0 Å². The van der Waals surface area contributed by atoms with Crippen LogP contribution in [-0.2, 0) is 4.79 Å². The van der Waals surface area contributed by atoms with Crippen molar-refractivity contribution in [1.29, 1.82) is 0 Å². The molecule has 2 rings (SSSR count). The maximum absolute atomic E-state index is 11.9. The maximum atomic E-state index is 11.9. The van der Waals surface area contributed by atoms with Gasteiger partial charge in [0.25, 0.3) is 0 Å². The summed E-state index contributed by atoms with van der Waals surface area (Å²) in [7, 11) is 0. The van der Waals surface area contributed by atoms with Gasteiger partial charge in [-0.05, 0) is 26.7 Å². The van der Waals surface area contributed by atoms with E-state index in [9.17, 15) is 4.79 Å². The van der Waals surface area contributed by atoms with E-state index >= 15 is 0 Å². The number of rotatable bonds is 6. The molecule has 1 aromatic heterocycles. The molecule has 1 amide bonds. The number of ether oxygens (including phenoxy) is 1. The third kappa shape index (κ3) is 4.73. The van der Waals surface area contributed by atoms with Gasteiger partial charge in [-0.2, -0.15) is 15.0 Å². The van der Waals surface area contributed by atoms with Gasteiger partial charge in [0.05, 0.1) is 6.10 Å². The monoisotopic (exact) mass is 294 g/mol. The molecule has 0 atom stereocenters. The fraction of sp³-hybridized carbons (Fsp3) is 0.692. The Hall–Kier alpha value is -2.12. The largest absolute Gasteiger partial charge is 0.461 e. The molecular weight excluding hydrogens is 272 g/mol. The van der Waals surface area contributed by atoms with Gasteiger partial charge in [-0.15, -0.1) is 0 Å². The summed E-state index contributed by atoms with van der Waals surface area (Å²) in [6, 6.07) is 0.186. The molecular formula is C13H22N6O2. The fourth-order valence-corrected chi connectivity index (χ4v) is 2.12. The van der Waals surface area contributed by atoms with Gasteiger partial charge in [0.2, 0.25) is 17.8 Å². The third-order valence-electron chi connectivity index (χ3n) is 3.05. The molecule has 8 heteroatoms. The Morgan fingerprint density at radius 3 is 2.71 bits per heavy atom. The number of nitrogens with zero attached hydrogens (tertiary/aromatic N) is 4. The molecule has 0 unspecified atom stereocenters. The molecule has 1 saturated heterocycles. The summed E-state index contributed by atoms with van der Waals surface area (Å²) in [4.78, 5) is 25.8. The molecule has 3 N–H and O–H groups in total. The summed E-state index contributed by atoms with van der Waals surface area (Å²) in [6.07, 6.45) is 2.56. The van der Waals surface area contributed by atoms with E-state index in [0.29, 0.717) is 18.9 Å². The van der Waals surface area contributed by atoms with Crippen LogP contribution >= 0.6 is 0 Å². The van der Waals surface area contributed by atoms with Gasteiger partial charge >= 0.3 is 6.01 Å². The van der Waals surface area contributed by atoms with Crippen LogP contribution in [0.4, 0.5) is 11.9 Å². The van der Waals surface area contributed by atoms with E-state index in [4.69, 9.17) is 10.5 Å². The van der Waals surface area contributed by atoms with Crippen LogP contribution in [-0.4, -0.2) is 51.5 Å². The first kappa shape index (κ1) is 15.3. The number of nitrogens with one attached hydrogen (secondary N) is 1. The van der Waals surface area contributed by atoms with Crippen molar-refractivity contribution in [2.75, 3.05) is 30.7 Å². The molecule has 8 nitrogen and oxygen atoms in total. The second-order valence-corrected chi connectivity index (χ2v) is 5.23. The number of likely N-dealkylation sites (tertiary alicyclic amines) is 1. The Balaban J connectivity index is 1.84. The molecule has 0 saturated carbocycles. The van der Waals surface area contributed by atoms with Gasteiger partial charge in [-0.1, -0.05) is 0 Å². The molecule has 1 aliphatic heterocycles. The minimum atomic E-state index is -0.0450. The van der Waals surface area contributed by atoms with Crippen LogP contribution in [0.25, 0.3) is 0 Å². The van der Waals surface area contributed by atoms with Crippen LogP contribution in [0.2, 0.25) is 0 Å². The predicted octanol–water partition coefficient (Wildman–Crippen LogP) is 0.665. The highest BCUT2D eigenvalue weighted by Gasteiger charge is 2.17. The van der Waals surface area contributed by atoms with Crippen LogP contribution in [0.1, 0.15) is 33.1 Å². The predicted molar refractivity (Wildman–Crippen MR) is 78.9 cm³/mol. The Labute approximate surface area is 124 Å². The fourth-order valence-electron chi connectivity index (χ4n) is 2.12.